The van der Waals surface area contributed by atoms with Gasteiger partial charge in [-0.3, -0.25) is 0 Å². The standard InChI is InChI=1S/C28H62O2Si2/c1-25(2,3)19-15-17-23(27(7,8)9)29-31-21-13-14-22-32-30-24(28(10,11)12)18-16-20-26(4,5)6/h23-24H,13-22,31-32H2,1-12H3. The Bertz CT molecular complexity index is 420. The summed E-state index contributed by atoms with van der Waals surface area (Å²) in [5, 5.41) is 0. The maximum Gasteiger partial charge on any atom is 0.162 e. The van der Waals surface area contributed by atoms with Crippen LogP contribution in [0.15, 0.2) is 0 Å². The van der Waals surface area contributed by atoms with Crippen molar-refractivity contribution in [3.05, 3.63) is 0 Å². The van der Waals surface area contributed by atoms with E-state index in [-0.39, 0.29) is 10.8 Å². The first kappa shape index (κ1) is 32.4. The van der Waals surface area contributed by atoms with Gasteiger partial charge in [0.25, 0.3) is 0 Å². The van der Waals surface area contributed by atoms with Crippen molar-refractivity contribution < 1.29 is 8.85 Å². The zero-order valence-electron chi connectivity index (χ0n) is 24.5. The van der Waals surface area contributed by atoms with Gasteiger partial charge in [-0.15, -0.1) is 0 Å². The van der Waals surface area contributed by atoms with Gasteiger partial charge in [0.05, 0.1) is 0 Å². The van der Waals surface area contributed by atoms with E-state index in [1.807, 2.05) is 0 Å². The smallest absolute Gasteiger partial charge is 0.162 e. The van der Waals surface area contributed by atoms with Crippen LogP contribution in [0, 0.1) is 21.7 Å². The van der Waals surface area contributed by atoms with Gasteiger partial charge in [0.1, 0.15) is 0 Å². The highest BCUT2D eigenvalue weighted by Gasteiger charge is 2.26. The Kier molecular flexibility index (Phi) is 14.8. The number of hydrogen-bond acceptors (Lipinski definition) is 2. The molecule has 0 radical (unpaired) electrons. The molecule has 0 heterocycles. The highest BCUT2D eigenvalue weighted by Crippen LogP contribution is 2.31. The molecule has 0 saturated carbocycles. The second-order valence-corrected chi connectivity index (χ2v) is 17.7. The zero-order valence-corrected chi connectivity index (χ0v) is 27.3. The van der Waals surface area contributed by atoms with Gasteiger partial charge in [0.15, 0.2) is 19.5 Å². The zero-order chi connectivity index (χ0) is 25.1. The second kappa shape index (κ2) is 14.7. The van der Waals surface area contributed by atoms with Gasteiger partial charge in [-0.25, -0.2) is 0 Å². The molecule has 2 unspecified atom stereocenters. The van der Waals surface area contributed by atoms with Crippen LogP contribution in [0.1, 0.15) is 134 Å². The van der Waals surface area contributed by atoms with E-state index in [4.69, 9.17) is 8.85 Å². The third-order valence-electron chi connectivity index (χ3n) is 6.39. The summed E-state index contributed by atoms with van der Waals surface area (Å²) < 4.78 is 13.0. The fraction of sp³-hybridized carbons (Fsp3) is 1.00. The second-order valence-electron chi connectivity index (χ2n) is 14.8. The molecule has 0 bridgehead atoms. The van der Waals surface area contributed by atoms with Gasteiger partial charge in [0, 0.05) is 12.2 Å². The van der Waals surface area contributed by atoms with Gasteiger partial charge in [-0.2, -0.15) is 0 Å². The lowest BCUT2D eigenvalue weighted by Crippen LogP contribution is -2.31. The molecule has 0 saturated heterocycles. The van der Waals surface area contributed by atoms with E-state index in [1.54, 1.807) is 0 Å². The fourth-order valence-corrected chi connectivity index (χ4v) is 7.53. The van der Waals surface area contributed by atoms with E-state index in [0.29, 0.717) is 23.0 Å². The maximum absolute atomic E-state index is 6.50. The minimum Gasteiger partial charge on any atom is -0.421 e. The summed E-state index contributed by atoms with van der Waals surface area (Å²) in [7, 11) is -0.801. The topological polar surface area (TPSA) is 18.5 Å². The normalized spacial score (nSPS) is 16.5. The Morgan fingerprint density at radius 2 is 0.812 bits per heavy atom. The molecule has 0 aromatic carbocycles. The van der Waals surface area contributed by atoms with E-state index in [1.165, 1.54) is 63.5 Å². The molecule has 0 fully saturated rings. The van der Waals surface area contributed by atoms with Crippen LogP contribution in [0.4, 0.5) is 0 Å². The largest absolute Gasteiger partial charge is 0.421 e. The molecular weight excluding hydrogens is 424 g/mol. The van der Waals surface area contributed by atoms with Crippen LogP contribution in [0.3, 0.4) is 0 Å². The van der Waals surface area contributed by atoms with Crippen molar-refractivity contribution in [3.8, 4) is 0 Å². The van der Waals surface area contributed by atoms with E-state index < -0.39 is 19.5 Å². The molecule has 0 spiro atoms. The van der Waals surface area contributed by atoms with E-state index >= 15 is 0 Å². The number of unbranched alkanes of at least 4 members (excludes halogenated alkanes) is 1. The van der Waals surface area contributed by atoms with Gasteiger partial charge in [0.2, 0.25) is 0 Å². The Hall–Kier alpha value is 0.354. The summed E-state index contributed by atoms with van der Waals surface area (Å²) in [4.78, 5) is 0. The average molecular weight is 487 g/mol. The van der Waals surface area contributed by atoms with Crippen LogP contribution in [0.2, 0.25) is 12.1 Å². The van der Waals surface area contributed by atoms with E-state index in [9.17, 15) is 0 Å². The molecule has 0 aliphatic carbocycles. The molecule has 0 aliphatic rings. The summed E-state index contributed by atoms with van der Waals surface area (Å²) in [6, 6.07) is 2.66. The predicted octanol–water partition coefficient (Wildman–Crippen LogP) is 8.07. The molecule has 0 N–H and O–H groups in total. The van der Waals surface area contributed by atoms with Crippen LogP contribution < -0.4 is 0 Å². The van der Waals surface area contributed by atoms with Crippen molar-refractivity contribution in [2.24, 2.45) is 21.7 Å². The average Bonchev–Trinajstić information content (AvgIpc) is 2.56. The summed E-state index contributed by atoms with van der Waals surface area (Å²) in [5.41, 5.74) is 1.40. The van der Waals surface area contributed by atoms with Crippen LogP contribution in [0.25, 0.3) is 0 Å². The molecule has 32 heavy (non-hydrogen) atoms. The summed E-state index contributed by atoms with van der Waals surface area (Å²) in [5.74, 6) is 0. The van der Waals surface area contributed by atoms with Crippen molar-refractivity contribution in [3.63, 3.8) is 0 Å². The first-order valence-electron chi connectivity index (χ1n) is 13.6. The summed E-state index contributed by atoms with van der Waals surface area (Å²) >= 11 is 0. The minimum absolute atomic E-state index is 0.264. The highest BCUT2D eigenvalue weighted by atomic mass is 28.2. The van der Waals surface area contributed by atoms with E-state index in [2.05, 4.69) is 83.1 Å². The first-order chi connectivity index (χ1) is 14.4. The summed E-state index contributed by atoms with van der Waals surface area (Å²) in [6.07, 6.45) is 11.2. The third-order valence-corrected chi connectivity index (χ3v) is 9.25. The van der Waals surface area contributed by atoms with E-state index in [0.717, 1.165) is 0 Å². The number of rotatable bonds is 15. The Balaban J connectivity index is 4.09. The molecule has 0 aromatic rings. The highest BCUT2D eigenvalue weighted by molar-refractivity contribution is 6.27. The Morgan fingerprint density at radius 1 is 0.500 bits per heavy atom. The monoisotopic (exact) mass is 486 g/mol. The van der Waals surface area contributed by atoms with Crippen LogP contribution in [-0.2, 0) is 8.85 Å². The van der Waals surface area contributed by atoms with Gasteiger partial charge >= 0.3 is 0 Å². The first-order valence-corrected chi connectivity index (χ1v) is 16.8. The van der Waals surface area contributed by atoms with Crippen molar-refractivity contribution in [2.45, 2.75) is 159 Å². The molecule has 0 rings (SSSR count). The van der Waals surface area contributed by atoms with Gasteiger partial charge in [-0.1, -0.05) is 109 Å². The quantitative estimate of drug-likeness (QED) is 0.172. The lowest BCUT2D eigenvalue weighted by atomic mass is 9.83. The predicted molar refractivity (Wildman–Crippen MR) is 151 cm³/mol. The van der Waals surface area contributed by atoms with Crippen LogP contribution in [-0.4, -0.2) is 31.7 Å². The molecule has 0 aromatic heterocycles. The minimum atomic E-state index is -0.401. The third kappa shape index (κ3) is 18.7. The van der Waals surface area contributed by atoms with Crippen LogP contribution in [0.5, 0.6) is 0 Å². The maximum atomic E-state index is 6.50. The van der Waals surface area contributed by atoms with Gasteiger partial charge < -0.3 is 8.85 Å². The summed E-state index contributed by atoms with van der Waals surface area (Å²) in [6.45, 7) is 28.1. The van der Waals surface area contributed by atoms with Crippen LogP contribution >= 0.6 is 0 Å². The Morgan fingerprint density at radius 3 is 1.06 bits per heavy atom. The van der Waals surface area contributed by atoms with Crippen molar-refractivity contribution in [1.29, 1.82) is 0 Å². The molecule has 4 heteroatoms. The molecule has 0 aliphatic heterocycles. The number of hydrogen-bond donors (Lipinski definition) is 0. The van der Waals surface area contributed by atoms with Crippen molar-refractivity contribution in [1.82, 2.24) is 0 Å². The Labute approximate surface area is 208 Å². The van der Waals surface area contributed by atoms with Crippen molar-refractivity contribution in [2.75, 3.05) is 0 Å². The molecular formula is C28H62O2Si2. The molecule has 194 valence electrons. The van der Waals surface area contributed by atoms with Crippen molar-refractivity contribution >= 4 is 19.5 Å². The molecule has 2 atom stereocenters. The molecule has 0 amide bonds. The fourth-order valence-electron chi connectivity index (χ4n) is 4.18. The lowest BCUT2D eigenvalue weighted by Gasteiger charge is -2.32. The molecule has 2 nitrogen and oxygen atoms in total. The lowest BCUT2D eigenvalue weighted by molar-refractivity contribution is 0.0769. The van der Waals surface area contributed by atoms with Gasteiger partial charge in [-0.05, 0) is 59.4 Å². The SMILES string of the molecule is CC(C)(C)CCCC(O[SiH2]CCCC[SiH2]OC(CCCC(C)(C)C)C(C)(C)C)C(C)(C)C.